The zero-order valence-corrected chi connectivity index (χ0v) is 20.0. The highest BCUT2D eigenvalue weighted by molar-refractivity contribution is 6.21. The van der Waals surface area contributed by atoms with Crippen molar-refractivity contribution in [1.82, 2.24) is 19.5 Å². The van der Waals surface area contributed by atoms with Gasteiger partial charge < -0.3 is 4.57 Å². The molecule has 5 rings (SSSR count). The Morgan fingerprint density at radius 3 is 1.78 bits per heavy atom. The van der Waals surface area contributed by atoms with Crippen molar-refractivity contribution in [1.29, 1.82) is 0 Å². The summed E-state index contributed by atoms with van der Waals surface area (Å²) in [5, 5.41) is 2.12. The van der Waals surface area contributed by atoms with Crippen LogP contribution in [0.5, 0.6) is 0 Å². The summed E-state index contributed by atoms with van der Waals surface area (Å²) in [4.78, 5) is 14.5. The van der Waals surface area contributed by atoms with Gasteiger partial charge in [-0.05, 0) is 58.4 Å². The fourth-order valence-electron chi connectivity index (χ4n) is 4.45. The first-order valence-electron chi connectivity index (χ1n) is 11.2. The van der Waals surface area contributed by atoms with E-state index in [-0.39, 0.29) is 10.8 Å². The van der Waals surface area contributed by atoms with Crippen LogP contribution in [-0.4, -0.2) is 19.5 Å². The standard InChI is InChI=1S/C28H30N4/c1-27(2,3)18-14-17(15-19(16-18)28(4,5)6)26-31-24-20-10-8-12-29-22(20)23-21(11-9-13-30-23)25(24)32(26)7/h8-16H,1-7H3. The molecule has 0 spiro atoms. The highest BCUT2D eigenvalue weighted by Crippen LogP contribution is 2.38. The predicted octanol–water partition coefficient (Wildman–Crippen LogP) is 6.93. The lowest BCUT2D eigenvalue weighted by atomic mass is 9.79. The van der Waals surface area contributed by atoms with Gasteiger partial charge in [0.2, 0.25) is 0 Å². The van der Waals surface area contributed by atoms with Crippen LogP contribution in [0.25, 0.3) is 44.2 Å². The molecule has 0 radical (unpaired) electrons. The number of aromatic nitrogens is 4. The van der Waals surface area contributed by atoms with Crippen LogP contribution in [0, 0.1) is 0 Å². The average Bonchev–Trinajstić information content (AvgIpc) is 3.10. The lowest BCUT2D eigenvalue weighted by Gasteiger charge is -2.26. The highest BCUT2D eigenvalue weighted by atomic mass is 15.1. The van der Waals surface area contributed by atoms with Crippen LogP contribution >= 0.6 is 0 Å². The fraction of sp³-hybridized carbons (Fsp3) is 0.321. The van der Waals surface area contributed by atoms with E-state index in [0.717, 1.165) is 44.2 Å². The van der Waals surface area contributed by atoms with Crippen LogP contribution in [-0.2, 0) is 17.9 Å². The van der Waals surface area contributed by atoms with E-state index >= 15 is 0 Å². The first-order chi connectivity index (χ1) is 15.1. The molecule has 4 heteroatoms. The monoisotopic (exact) mass is 422 g/mol. The van der Waals surface area contributed by atoms with Gasteiger partial charge in [-0.25, -0.2) is 4.98 Å². The molecule has 0 bridgehead atoms. The van der Waals surface area contributed by atoms with Gasteiger partial charge in [-0.1, -0.05) is 47.6 Å². The summed E-state index contributed by atoms with van der Waals surface area (Å²) in [5.74, 6) is 0.970. The number of aryl methyl sites for hydroxylation is 1. The second-order valence-electron chi connectivity index (χ2n) is 10.8. The van der Waals surface area contributed by atoms with Gasteiger partial charge in [-0.15, -0.1) is 0 Å². The minimum atomic E-state index is 0.0494. The molecule has 4 nitrogen and oxygen atoms in total. The van der Waals surface area contributed by atoms with E-state index in [2.05, 4.69) is 93.5 Å². The number of pyridine rings is 2. The van der Waals surface area contributed by atoms with E-state index in [1.54, 1.807) is 0 Å². The molecule has 0 saturated heterocycles. The Morgan fingerprint density at radius 1 is 0.688 bits per heavy atom. The molecule has 2 aromatic carbocycles. The molecule has 0 fully saturated rings. The maximum Gasteiger partial charge on any atom is 0.140 e. The van der Waals surface area contributed by atoms with Crippen molar-refractivity contribution in [3.63, 3.8) is 0 Å². The third-order valence-corrected chi connectivity index (χ3v) is 6.37. The van der Waals surface area contributed by atoms with Crippen molar-refractivity contribution < 1.29 is 0 Å². The Hall–Kier alpha value is -3.27. The molecule has 0 unspecified atom stereocenters. The maximum absolute atomic E-state index is 5.20. The van der Waals surface area contributed by atoms with Crippen molar-refractivity contribution in [2.75, 3.05) is 0 Å². The number of fused-ring (bicyclic) bond motifs is 6. The molecule has 3 heterocycles. The second-order valence-corrected chi connectivity index (χ2v) is 10.8. The largest absolute Gasteiger partial charge is 0.327 e. The minimum absolute atomic E-state index is 0.0494. The van der Waals surface area contributed by atoms with Crippen LogP contribution in [0.4, 0.5) is 0 Å². The number of imidazole rings is 1. The average molecular weight is 423 g/mol. The normalized spacial score (nSPS) is 12.8. The van der Waals surface area contributed by atoms with Crippen molar-refractivity contribution >= 4 is 32.8 Å². The Bertz CT molecular complexity index is 1460. The molecule has 0 atom stereocenters. The van der Waals surface area contributed by atoms with Crippen molar-refractivity contribution in [3.05, 3.63) is 66.0 Å². The highest BCUT2D eigenvalue weighted by Gasteiger charge is 2.23. The molecule has 0 saturated carbocycles. The molecular formula is C28H30N4. The Morgan fingerprint density at radius 2 is 1.22 bits per heavy atom. The lowest BCUT2D eigenvalue weighted by molar-refractivity contribution is 0.569. The predicted molar refractivity (Wildman–Crippen MR) is 134 cm³/mol. The summed E-state index contributed by atoms with van der Waals surface area (Å²) >= 11 is 0. The van der Waals surface area contributed by atoms with Crippen LogP contribution in [0.3, 0.4) is 0 Å². The van der Waals surface area contributed by atoms with Crippen molar-refractivity contribution in [2.24, 2.45) is 7.05 Å². The summed E-state index contributed by atoms with van der Waals surface area (Å²) in [6.45, 7) is 13.6. The van der Waals surface area contributed by atoms with Gasteiger partial charge in [-0.2, -0.15) is 0 Å². The molecule has 0 aliphatic carbocycles. The van der Waals surface area contributed by atoms with E-state index < -0.39 is 0 Å². The molecule has 0 amide bonds. The van der Waals surface area contributed by atoms with Gasteiger partial charge in [0, 0.05) is 35.8 Å². The third-order valence-electron chi connectivity index (χ3n) is 6.37. The van der Waals surface area contributed by atoms with Crippen LogP contribution in [0.1, 0.15) is 52.7 Å². The van der Waals surface area contributed by atoms with E-state index in [9.17, 15) is 0 Å². The molecule has 162 valence electrons. The topological polar surface area (TPSA) is 43.6 Å². The summed E-state index contributed by atoms with van der Waals surface area (Å²) in [6, 6.07) is 15.1. The summed E-state index contributed by atoms with van der Waals surface area (Å²) < 4.78 is 2.22. The van der Waals surface area contributed by atoms with Gasteiger partial charge in [0.05, 0.1) is 22.1 Å². The van der Waals surface area contributed by atoms with Crippen LogP contribution in [0.15, 0.2) is 54.9 Å². The van der Waals surface area contributed by atoms with E-state index in [4.69, 9.17) is 4.98 Å². The minimum Gasteiger partial charge on any atom is -0.327 e. The number of rotatable bonds is 1. The molecule has 0 aliphatic heterocycles. The summed E-state index contributed by atoms with van der Waals surface area (Å²) in [6.07, 6.45) is 3.66. The molecular weight excluding hydrogens is 392 g/mol. The van der Waals surface area contributed by atoms with E-state index in [1.807, 2.05) is 24.5 Å². The van der Waals surface area contributed by atoms with Gasteiger partial charge in [0.1, 0.15) is 5.82 Å². The van der Waals surface area contributed by atoms with Gasteiger partial charge in [0.15, 0.2) is 0 Å². The summed E-state index contributed by atoms with van der Waals surface area (Å²) in [7, 11) is 2.11. The molecule has 32 heavy (non-hydrogen) atoms. The zero-order chi connectivity index (χ0) is 22.8. The van der Waals surface area contributed by atoms with Crippen LogP contribution < -0.4 is 0 Å². The molecule has 0 aliphatic rings. The first-order valence-corrected chi connectivity index (χ1v) is 11.2. The van der Waals surface area contributed by atoms with E-state index in [0.29, 0.717) is 0 Å². The number of hydrogen-bond acceptors (Lipinski definition) is 3. The van der Waals surface area contributed by atoms with E-state index in [1.165, 1.54) is 11.1 Å². The Kier molecular flexibility index (Phi) is 4.42. The quantitative estimate of drug-likeness (QED) is 0.275. The number of hydrogen-bond donors (Lipinski definition) is 0. The first kappa shape index (κ1) is 20.6. The van der Waals surface area contributed by atoms with Crippen molar-refractivity contribution in [3.8, 4) is 11.4 Å². The lowest BCUT2D eigenvalue weighted by Crippen LogP contribution is -2.16. The number of nitrogens with zero attached hydrogens (tertiary/aromatic N) is 4. The summed E-state index contributed by atoms with van der Waals surface area (Å²) in [5.41, 5.74) is 7.79. The van der Waals surface area contributed by atoms with Crippen molar-refractivity contribution in [2.45, 2.75) is 52.4 Å². The maximum atomic E-state index is 5.20. The van der Waals surface area contributed by atoms with Crippen LogP contribution in [0.2, 0.25) is 0 Å². The Labute approximate surface area is 189 Å². The fourth-order valence-corrected chi connectivity index (χ4v) is 4.45. The Balaban J connectivity index is 1.90. The van der Waals surface area contributed by atoms with Gasteiger partial charge in [0.25, 0.3) is 0 Å². The smallest absolute Gasteiger partial charge is 0.140 e. The molecule has 5 aromatic rings. The SMILES string of the molecule is Cn1c(-c2cc(C(C)(C)C)cc(C(C)(C)C)c2)nc2c3cccnc3c3ncccc3c21. The molecule has 0 N–H and O–H groups in total. The van der Waals surface area contributed by atoms with Gasteiger partial charge >= 0.3 is 0 Å². The second kappa shape index (κ2) is 6.86. The third kappa shape index (κ3) is 3.17. The zero-order valence-electron chi connectivity index (χ0n) is 20.0. The number of benzene rings is 2. The molecule has 3 aromatic heterocycles. The van der Waals surface area contributed by atoms with Gasteiger partial charge in [-0.3, -0.25) is 9.97 Å².